The van der Waals surface area contributed by atoms with E-state index in [4.69, 9.17) is 5.73 Å². The van der Waals surface area contributed by atoms with Gasteiger partial charge in [0.15, 0.2) is 0 Å². The summed E-state index contributed by atoms with van der Waals surface area (Å²) in [7, 11) is 0. The minimum absolute atomic E-state index is 0.420. The van der Waals surface area contributed by atoms with E-state index in [2.05, 4.69) is 15.3 Å². The van der Waals surface area contributed by atoms with Crippen LogP contribution in [0.1, 0.15) is 12.8 Å². The van der Waals surface area contributed by atoms with Crippen molar-refractivity contribution in [2.75, 3.05) is 18.1 Å². The predicted molar refractivity (Wildman–Crippen MR) is 63.0 cm³/mol. The van der Waals surface area contributed by atoms with Crippen LogP contribution in [-0.2, 0) is 0 Å². The lowest BCUT2D eigenvalue weighted by Gasteiger charge is -2.32. The van der Waals surface area contributed by atoms with Gasteiger partial charge in [0.05, 0.1) is 0 Å². The summed E-state index contributed by atoms with van der Waals surface area (Å²) < 4.78 is 0. The molecule has 5 heteroatoms. The van der Waals surface area contributed by atoms with Crippen molar-refractivity contribution in [2.45, 2.75) is 23.9 Å². The van der Waals surface area contributed by atoms with Crippen molar-refractivity contribution in [3.05, 3.63) is 12.4 Å². The Bertz CT molecular complexity index is 325. The van der Waals surface area contributed by atoms with Gasteiger partial charge in [0.2, 0.25) is 0 Å². The first-order valence-corrected chi connectivity index (χ1v) is 6.36. The standard InChI is InChI=1S/C10H16N4S/c1-15-10-4-9(13-6-14-10)12-5-7-2-8(11)3-7/h4,6-8H,2-3,5,11H2,1H3,(H,12,13,14). The lowest BCUT2D eigenvalue weighted by Crippen LogP contribution is -2.39. The molecule has 0 bridgehead atoms. The van der Waals surface area contributed by atoms with Gasteiger partial charge in [-0.3, -0.25) is 0 Å². The Labute approximate surface area is 94.1 Å². The molecule has 0 aliphatic heterocycles. The normalized spacial score (nSPS) is 24.7. The molecule has 0 amide bonds. The number of hydrogen-bond donors (Lipinski definition) is 2. The molecule has 1 aliphatic rings. The monoisotopic (exact) mass is 224 g/mol. The molecule has 1 aromatic rings. The molecule has 15 heavy (non-hydrogen) atoms. The Morgan fingerprint density at radius 1 is 1.53 bits per heavy atom. The largest absolute Gasteiger partial charge is 0.370 e. The van der Waals surface area contributed by atoms with E-state index in [0.717, 1.165) is 30.2 Å². The van der Waals surface area contributed by atoms with E-state index in [-0.39, 0.29) is 0 Å². The lowest BCUT2D eigenvalue weighted by molar-refractivity contribution is 0.280. The molecule has 82 valence electrons. The van der Waals surface area contributed by atoms with Crippen LogP contribution in [0, 0.1) is 5.92 Å². The summed E-state index contributed by atoms with van der Waals surface area (Å²) >= 11 is 1.63. The lowest BCUT2D eigenvalue weighted by atomic mass is 9.81. The van der Waals surface area contributed by atoms with Gasteiger partial charge in [-0.2, -0.15) is 0 Å². The number of hydrogen-bond acceptors (Lipinski definition) is 5. The number of aromatic nitrogens is 2. The van der Waals surface area contributed by atoms with Crippen LogP contribution >= 0.6 is 11.8 Å². The van der Waals surface area contributed by atoms with E-state index in [0.29, 0.717) is 12.0 Å². The number of nitrogens with zero attached hydrogens (tertiary/aromatic N) is 2. The molecule has 0 aromatic carbocycles. The second-order valence-electron chi connectivity index (χ2n) is 3.92. The van der Waals surface area contributed by atoms with Crippen molar-refractivity contribution in [1.82, 2.24) is 9.97 Å². The molecule has 1 fully saturated rings. The fraction of sp³-hybridized carbons (Fsp3) is 0.600. The molecule has 1 saturated carbocycles. The summed E-state index contributed by atoms with van der Waals surface area (Å²) in [6.07, 6.45) is 5.87. The molecule has 0 saturated heterocycles. The van der Waals surface area contributed by atoms with E-state index < -0.39 is 0 Å². The Kier molecular flexibility index (Phi) is 3.43. The maximum atomic E-state index is 5.73. The van der Waals surface area contributed by atoms with Crippen molar-refractivity contribution in [3.8, 4) is 0 Å². The van der Waals surface area contributed by atoms with Crippen molar-refractivity contribution in [3.63, 3.8) is 0 Å². The van der Waals surface area contributed by atoms with Crippen LogP contribution in [0.3, 0.4) is 0 Å². The number of nitrogens with one attached hydrogen (secondary N) is 1. The van der Waals surface area contributed by atoms with Crippen LogP contribution in [-0.4, -0.2) is 28.8 Å². The first-order valence-electron chi connectivity index (χ1n) is 5.13. The van der Waals surface area contributed by atoms with Gasteiger partial charge in [-0.05, 0) is 25.0 Å². The van der Waals surface area contributed by atoms with E-state index >= 15 is 0 Å². The summed E-state index contributed by atoms with van der Waals surface area (Å²) in [6.45, 7) is 0.971. The van der Waals surface area contributed by atoms with Gasteiger partial charge in [0, 0.05) is 18.7 Å². The number of nitrogens with two attached hydrogens (primary N) is 1. The van der Waals surface area contributed by atoms with Gasteiger partial charge in [-0.25, -0.2) is 9.97 Å². The molecule has 0 radical (unpaired) electrons. The van der Waals surface area contributed by atoms with E-state index in [1.807, 2.05) is 12.3 Å². The zero-order valence-corrected chi connectivity index (χ0v) is 9.63. The minimum Gasteiger partial charge on any atom is -0.370 e. The molecule has 1 heterocycles. The van der Waals surface area contributed by atoms with Gasteiger partial charge in [0.1, 0.15) is 17.2 Å². The molecule has 3 N–H and O–H groups in total. The Morgan fingerprint density at radius 3 is 3.00 bits per heavy atom. The van der Waals surface area contributed by atoms with Gasteiger partial charge in [-0.15, -0.1) is 11.8 Å². The smallest absolute Gasteiger partial charge is 0.130 e. The molecule has 2 rings (SSSR count). The molecule has 1 aromatic heterocycles. The molecule has 4 nitrogen and oxygen atoms in total. The zero-order chi connectivity index (χ0) is 10.7. The molecule has 0 unspecified atom stereocenters. The highest BCUT2D eigenvalue weighted by Crippen LogP contribution is 2.25. The Hall–Kier alpha value is -0.810. The summed E-state index contributed by atoms with van der Waals surface area (Å²) in [6, 6.07) is 2.40. The second kappa shape index (κ2) is 4.81. The van der Waals surface area contributed by atoms with Crippen LogP contribution in [0.2, 0.25) is 0 Å². The summed E-state index contributed by atoms with van der Waals surface area (Å²) in [4.78, 5) is 8.29. The fourth-order valence-electron chi connectivity index (χ4n) is 1.75. The third-order valence-electron chi connectivity index (χ3n) is 2.70. The van der Waals surface area contributed by atoms with Crippen LogP contribution in [0.5, 0.6) is 0 Å². The van der Waals surface area contributed by atoms with Gasteiger partial charge < -0.3 is 11.1 Å². The predicted octanol–water partition coefficient (Wildman–Crippen LogP) is 1.35. The number of rotatable bonds is 4. The fourth-order valence-corrected chi connectivity index (χ4v) is 2.13. The van der Waals surface area contributed by atoms with E-state index in [9.17, 15) is 0 Å². The highest BCUT2D eigenvalue weighted by Gasteiger charge is 2.25. The molecule has 0 atom stereocenters. The van der Waals surface area contributed by atoms with Crippen LogP contribution < -0.4 is 11.1 Å². The summed E-state index contributed by atoms with van der Waals surface area (Å²) in [5, 5.41) is 4.32. The maximum absolute atomic E-state index is 5.73. The van der Waals surface area contributed by atoms with Gasteiger partial charge in [0.25, 0.3) is 0 Å². The maximum Gasteiger partial charge on any atom is 0.130 e. The Balaban J connectivity index is 1.82. The first-order chi connectivity index (χ1) is 7.28. The van der Waals surface area contributed by atoms with Crippen LogP contribution in [0.4, 0.5) is 5.82 Å². The van der Waals surface area contributed by atoms with Crippen molar-refractivity contribution in [2.24, 2.45) is 11.7 Å². The van der Waals surface area contributed by atoms with Crippen molar-refractivity contribution in [1.29, 1.82) is 0 Å². The van der Waals surface area contributed by atoms with Gasteiger partial charge in [-0.1, -0.05) is 0 Å². The highest BCUT2D eigenvalue weighted by molar-refractivity contribution is 7.98. The summed E-state index contributed by atoms with van der Waals surface area (Å²) in [5.74, 6) is 1.63. The average Bonchev–Trinajstić information content (AvgIpc) is 2.23. The third kappa shape index (κ3) is 2.82. The van der Waals surface area contributed by atoms with Crippen molar-refractivity contribution < 1.29 is 0 Å². The molecular formula is C10H16N4S. The van der Waals surface area contributed by atoms with E-state index in [1.165, 1.54) is 0 Å². The van der Waals surface area contributed by atoms with Crippen molar-refractivity contribution >= 4 is 17.6 Å². The molecule has 0 spiro atoms. The summed E-state index contributed by atoms with van der Waals surface area (Å²) in [5.41, 5.74) is 5.73. The zero-order valence-electron chi connectivity index (χ0n) is 8.81. The quantitative estimate of drug-likeness (QED) is 0.597. The highest BCUT2D eigenvalue weighted by atomic mass is 32.2. The Morgan fingerprint density at radius 2 is 2.33 bits per heavy atom. The van der Waals surface area contributed by atoms with Crippen LogP contribution in [0.25, 0.3) is 0 Å². The van der Waals surface area contributed by atoms with E-state index in [1.54, 1.807) is 18.1 Å². The first kappa shape index (κ1) is 10.7. The minimum atomic E-state index is 0.420. The van der Waals surface area contributed by atoms with Gasteiger partial charge >= 0.3 is 0 Å². The molecule has 1 aliphatic carbocycles. The molecular weight excluding hydrogens is 208 g/mol. The number of anilines is 1. The third-order valence-corrected chi connectivity index (χ3v) is 3.34. The average molecular weight is 224 g/mol. The number of thioether (sulfide) groups is 1. The second-order valence-corrected chi connectivity index (χ2v) is 4.75. The SMILES string of the molecule is CSc1cc(NCC2CC(N)C2)ncn1. The topological polar surface area (TPSA) is 63.8 Å². The van der Waals surface area contributed by atoms with Crippen LogP contribution in [0.15, 0.2) is 17.4 Å².